The molecule has 1 fully saturated rings. The van der Waals surface area contributed by atoms with Crippen LogP contribution in [0, 0.1) is 6.92 Å². The zero-order valence-electron chi connectivity index (χ0n) is 19.5. The maximum atomic E-state index is 12.8. The quantitative estimate of drug-likeness (QED) is 0.442. The molecule has 2 N–H and O–H groups in total. The fourth-order valence-corrected chi connectivity index (χ4v) is 6.16. The number of nitrogens with one attached hydrogen (secondary N) is 2. The fraction of sp³-hybridized carbons (Fsp3) is 0.480. The molecule has 3 rings (SSSR count). The molecule has 180 valence electrons. The Morgan fingerprint density at radius 2 is 1.70 bits per heavy atom. The van der Waals surface area contributed by atoms with Crippen LogP contribution in [0.25, 0.3) is 0 Å². The molecule has 0 aromatic heterocycles. The summed E-state index contributed by atoms with van der Waals surface area (Å²) in [6, 6.07) is 8.78. The summed E-state index contributed by atoms with van der Waals surface area (Å²) in [5.74, 6) is 0.237. The molecule has 1 aliphatic rings. The van der Waals surface area contributed by atoms with Crippen molar-refractivity contribution in [2.45, 2.75) is 76.7 Å². The normalized spacial score (nSPS) is 14.8. The molecule has 2 aromatic rings. The van der Waals surface area contributed by atoms with Gasteiger partial charge in [0, 0.05) is 16.2 Å². The van der Waals surface area contributed by atoms with E-state index in [2.05, 4.69) is 39.8 Å². The number of halogens is 1. The van der Waals surface area contributed by atoms with Crippen molar-refractivity contribution < 1.29 is 17.9 Å². The molecule has 0 heterocycles. The van der Waals surface area contributed by atoms with Gasteiger partial charge in [-0.2, -0.15) is 0 Å². The molecule has 0 aliphatic heterocycles. The van der Waals surface area contributed by atoms with E-state index < -0.39 is 10.0 Å². The van der Waals surface area contributed by atoms with Crippen molar-refractivity contribution in [3.63, 3.8) is 0 Å². The Labute approximate surface area is 205 Å². The Kier molecular flexibility index (Phi) is 8.95. The SMILES string of the molecule is CCc1cc(Br)cc(CC)c1NC(=O)COc1ccc(S(=O)(=O)NC2CCCCC2)cc1C. The molecule has 8 heteroatoms. The molecule has 1 aliphatic carbocycles. The number of anilines is 1. The van der Waals surface area contributed by atoms with Gasteiger partial charge >= 0.3 is 0 Å². The molecular formula is C25H33BrN2O4S. The van der Waals surface area contributed by atoms with Gasteiger partial charge in [0.05, 0.1) is 4.90 Å². The topological polar surface area (TPSA) is 84.5 Å². The number of ether oxygens (including phenoxy) is 1. The van der Waals surface area contributed by atoms with Crippen molar-refractivity contribution >= 4 is 37.5 Å². The largest absolute Gasteiger partial charge is 0.483 e. The van der Waals surface area contributed by atoms with E-state index in [0.717, 1.165) is 66.2 Å². The summed E-state index contributed by atoms with van der Waals surface area (Å²) in [5, 5.41) is 2.99. The lowest BCUT2D eigenvalue weighted by molar-refractivity contribution is -0.118. The van der Waals surface area contributed by atoms with Gasteiger partial charge in [0.2, 0.25) is 10.0 Å². The van der Waals surface area contributed by atoms with Gasteiger partial charge in [0.25, 0.3) is 5.91 Å². The molecule has 1 amide bonds. The van der Waals surface area contributed by atoms with Gasteiger partial charge in [0.15, 0.2) is 6.61 Å². The van der Waals surface area contributed by atoms with Gasteiger partial charge in [-0.25, -0.2) is 13.1 Å². The molecular weight excluding hydrogens is 504 g/mol. The highest BCUT2D eigenvalue weighted by Gasteiger charge is 2.22. The molecule has 2 aromatic carbocycles. The Morgan fingerprint density at radius 3 is 2.27 bits per heavy atom. The zero-order chi connectivity index (χ0) is 24.0. The number of carbonyl (C=O) groups is 1. The number of sulfonamides is 1. The van der Waals surface area contributed by atoms with E-state index in [1.807, 2.05) is 12.1 Å². The number of rotatable bonds is 9. The average Bonchev–Trinajstić information content (AvgIpc) is 2.79. The van der Waals surface area contributed by atoms with Crippen LogP contribution in [-0.2, 0) is 27.7 Å². The predicted molar refractivity (Wildman–Crippen MR) is 135 cm³/mol. The van der Waals surface area contributed by atoms with Gasteiger partial charge in [-0.05, 0) is 79.6 Å². The number of carbonyl (C=O) groups excluding carboxylic acids is 1. The van der Waals surface area contributed by atoms with Crippen LogP contribution in [0.3, 0.4) is 0 Å². The Balaban J connectivity index is 1.65. The highest BCUT2D eigenvalue weighted by atomic mass is 79.9. The lowest BCUT2D eigenvalue weighted by Crippen LogP contribution is -2.36. The number of benzene rings is 2. The minimum Gasteiger partial charge on any atom is -0.483 e. The van der Waals surface area contributed by atoms with Gasteiger partial charge in [-0.15, -0.1) is 0 Å². The third-order valence-corrected chi connectivity index (χ3v) is 8.01. The smallest absolute Gasteiger partial charge is 0.262 e. The second-order valence-corrected chi connectivity index (χ2v) is 11.2. The average molecular weight is 538 g/mol. The Bertz CT molecular complexity index is 1070. The number of hydrogen-bond donors (Lipinski definition) is 2. The van der Waals surface area contributed by atoms with Crippen LogP contribution in [0.5, 0.6) is 5.75 Å². The van der Waals surface area contributed by atoms with Crippen molar-refractivity contribution in [3.8, 4) is 5.75 Å². The first-order valence-corrected chi connectivity index (χ1v) is 13.9. The summed E-state index contributed by atoms with van der Waals surface area (Å²) < 4.78 is 35.1. The molecule has 33 heavy (non-hydrogen) atoms. The highest BCUT2D eigenvalue weighted by molar-refractivity contribution is 9.10. The number of hydrogen-bond acceptors (Lipinski definition) is 4. The molecule has 1 saturated carbocycles. The first-order valence-electron chi connectivity index (χ1n) is 11.6. The summed E-state index contributed by atoms with van der Waals surface area (Å²) in [4.78, 5) is 12.8. The second-order valence-electron chi connectivity index (χ2n) is 8.53. The van der Waals surface area contributed by atoms with Gasteiger partial charge in [-0.3, -0.25) is 4.79 Å². The molecule has 0 unspecified atom stereocenters. The van der Waals surface area contributed by atoms with Crippen LogP contribution in [0.2, 0.25) is 0 Å². The third-order valence-electron chi connectivity index (χ3n) is 6.04. The van der Waals surface area contributed by atoms with Crippen LogP contribution in [-0.4, -0.2) is 27.0 Å². The second kappa shape index (κ2) is 11.5. The molecule has 6 nitrogen and oxygen atoms in total. The first-order chi connectivity index (χ1) is 15.7. The maximum absolute atomic E-state index is 12.8. The van der Waals surface area contributed by atoms with Crippen molar-refractivity contribution in [3.05, 3.63) is 51.5 Å². The van der Waals surface area contributed by atoms with Crippen LogP contribution in [0.4, 0.5) is 5.69 Å². The highest BCUT2D eigenvalue weighted by Crippen LogP contribution is 2.28. The first kappa shape index (κ1) is 25.7. The molecule has 0 saturated heterocycles. The number of amides is 1. The van der Waals surface area contributed by atoms with Gasteiger partial charge in [0.1, 0.15) is 5.75 Å². The molecule has 0 atom stereocenters. The molecule has 0 radical (unpaired) electrons. The van der Waals surface area contributed by atoms with Crippen molar-refractivity contribution in [1.82, 2.24) is 4.72 Å². The number of aryl methyl sites for hydroxylation is 3. The standard InChI is InChI=1S/C25H33BrN2O4S/c1-4-18-14-20(26)15-19(5-2)25(18)27-24(29)16-32-23-12-11-22(13-17(23)3)33(30,31)28-21-9-7-6-8-10-21/h11-15,21,28H,4-10,16H2,1-3H3,(H,27,29). The summed E-state index contributed by atoms with van der Waals surface area (Å²) >= 11 is 3.53. The van der Waals surface area contributed by atoms with E-state index in [9.17, 15) is 13.2 Å². The molecule has 0 bridgehead atoms. The summed E-state index contributed by atoms with van der Waals surface area (Å²) in [5.41, 5.74) is 3.63. The summed E-state index contributed by atoms with van der Waals surface area (Å²) in [6.45, 7) is 5.73. The van der Waals surface area contributed by atoms with Gasteiger partial charge in [-0.1, -0.05) is 49.0 Å². The van der Waals surface area contributed by atoms with Crippen molar-refractivity contribution in [1.29, 1.82) is 0 Å². The van der Waals surface area contributed by atoms with Crippen molar-refractivity contribution in [2.24, 2.45) is 0 Å². The summed E-state index contributed by atoms with van der Waals surface area (Å²) in [6.07, 6.45) is 6.64. The van der Waals surface area contributed by atoms with E-state index >= 15 is 0 Å². The Morgan fingerprint density at radius 1 is 1.06 bits per heavy atom. The van der Waals surface area contributed by atoms with Gasteiger partial charge < -0.3 is 10.1 Å². The lowest BCUT2D eigenvalue weighted by atomic mass is 9.96. The van der Waals surface area contributed by atoms with Crippen LogP contribution in [0.15, 0.2) is 39.7 Å². The summed E-state index contributed by atoms with van der Waals surface area (Å²) in [7, 11) is -3.58. The predicted octanol–water partition coefficient (Wildman–Crippen LogP) is 5.51. The van der Waals surface area contributed by atoms with E-state index in [-0.39, 0.29) is 23.5 Å². The minimum absolute atomic E-state index is 0.00307. The van der Waals surface area contributed by atoms with E-state index in [4.69, 9.17) is 4.74 Å². The van der Waals surface area contributed by atoms with Crippen LogP contribution >= 0.6 is 15.9 Å². The molecule has 0 spiro atoms. The van der Waals surface area contributed by atoms with E-state index in [0.29, 0.717) is 11.3 Å². The van der Waals surface area contributed by atoms with Crippen molar-refractivity contribution in [2.75, 3.05) is 11.9 Å². The fourth-order valence-electron chi connectivity index (χ4n) is 4.22. The zero-order valence-corrected chi connectivity index (χ0v) is 21.9. The van der Waals surface area contributed by atoms with Crippen LogP contribution < -0.4 is 14.8 Å². The lowest BCUT2D eigenvalue weighted by Gasteiger charge is -2.22. The van der Waals surface area contributed by atoms with Crippen LogP contribution in [0.1, 0.15) is 62.6 Å². The van der Waals surface area contributed by atoms with E-state index in [1.54, 1.807) is 19.1 Å². The maximum Gasteiger partial charge on any atom is 0.262 e. The Hall–Kier alpha value is -1.90. The monoisotopic (exact) mass is 536 g/mol. The minimum atomic E-state index is -3.58. The van der Waals surface area contributed by atoms with E-state index in [1.165, 1.54) is 6.07 Å². The third kappa shape index (κ3) is 6.80.